The predicted molar refractivity (Wildman–Crippen MR) is 67.7 cm³/mol. The topological polar surface area (TPSA) is 75.3 Å². The highest BCUT2D eigenvalue weighted by atomic mass is 32.2. The van der Waals surface area contributed by atoms with Gasteiger partial charge in [-0.25, -0.2) is 17.9 Å². The van der Waals surface area contributed by atoms with Crippen LogP contribution in [0.15, 0.2) is 15.7 Å². The van der Waals surface area contributed by atoms with Crippen molar-refractivity contribution < 1.29 is 13.2 Å². The van der Waals surface area contributed by atoms with Crippen molar-refractivity contribution in [1.29, 1.82) is 0 Å². The number of unbranched alkanes of at least 4 members (excludes halogenated alkanes) is 1. The molecule has 0 unspecified atom stereocenters. The first kappa shape index (κ1) is 14.0. The summed E-state index contributed by atoms with van der Waals surface area (Å²) >= 11 is 1.10. The minimum absolute atomic E-state index is 0.183. The Hall–Kier alpha value is -1.08. The zero-order valence-corrected chi connectivity index (χ0v) is 11.5. The van der Waals surface area contributed by atoms with Crippen molar-refractivity contribution in [2.75, 3.05) is 6.54 Å². The van der Waals surface area contributed by atoms with Gasteiger partial charge in [-0.3, -0.25) is 0 Å². The van der Waals surface area contributed by atoms with Crippen molar-refractivity contribution in [2.45, 2.75) is 30.9 Å². The Labute approximate surface area is 105 Å². The second-order valence-corrected chi connectivity index (χ2v) is 6.40. The second-order valence-electron chi connectivity index (χ2n) is 3.61. The quantitative estimate of drug-likeness (QED) is 0.806. The average Bonchev–Trinajstić information content (AvgIpc) is 2.64. The lowest BCUT2D eigenvalue weighted by Gasteiger charge is -2.07. The van der Waals surface area contributed by atoms with Crippen molar-refractivity contribution in [3.8, 4) is 0 Å². The van der Waals surface area contributed by atoms with E-state index in [0.717, 1.165) is 24.2 Å². The molecule has 7 heteroatoms. The summed E-state index contributed by atoms with van der Waals surface area (Å²) in [6.07, 6.45) is 1.77. The van der Waals surface area contributed by atoms with E-state index in [1.54, 1.807) is 18.4 Å². The predicted octanol–water partition coefficient (Wildman–Crippen LogP) is 1.84. The molecule has 0 aromatic carbocycles. The van der Waals surface area contributed by atoms with Crippen molar-refractivity contribution in [3.63, 3.8) is 0 Å². The highest BCUT2D eigenvalue weighted by molar-refractivity contribution is 7.92. The van der Waals surface area contributed by atoms with Gasteiger partial charge in [0.2, 0.25) is 0 Å². The maximum absolute atomic E-state index is 11.8. The lowest BCUT2D eigenvalue weighted by atomic mass is 10.3. The van der Waals surface area contributed by atoms with Crippen LogP contribution >= 0.6 is 11.3 Å². The van der Waals surface area contributed by atoms with Crippen LogP contribution in [0.4, 0.5) is 4.79 Å². The van der Waals surface area contributed by atoms with Gasteiger partial charge in [0.05, 0.1) is 0 Å². The first-order valence-corrected chi connectivity index (χ1v) is 7.68. The third-order valence-electron chi connectivity index (χ3n) is 2.10. The van der Waals surface area contributed by atoms with E-state index in [1.165, 1.54) is 0 Å². The van der Waals surface area contributed by atoms with E-state index in [0.29, 0.717) is 12.1 Å². The molecule has 96 valence electrons. The molecule has 1 aromatic rings. The van der Waals surface area contributed by atoms with Gasteiger partial charge in [-0.1, -0.05) is 13.3 Å². The van der Waals surface area contributed by atoms with Gasteiger partial charge < -0.3 is 5.32 Å². The number of hydrogen-bond acceptors (Lipinski definition) is 4. The van der Waals surface area contributed by atoms with Crippen molar-refractivity contribution >= 4 is 27.4 Å². The average molecular weight is 276 g/mol. The van der Waals surface area contributed by atoms with Crippen LogP contribution in [0.3, 0.4) is 0 Å². The smallest absolute Gasteiger partial charge is 0.328 e. The third kappa shape index (κ3) is 4.01. The van der Waals surface area contributed by atoms with Gasteiger partial charge in [0.25, 0.3) is 10.0 Å². The molecule has 17 heavy (non-hydrogen) atoms. The molecule has 0 aliphatic rings. The Morgan fingerprint density at radius 2 is 2.18 bits per heavy atom. The summed E-state index contributed by atoms with van der Waals surface area (Å²) in [5.41, 5.74) is 0.642. The maximum Gasteiger partial charge on any atom is 0.328 e. The zero-order valence-electron chi connectivity index (χ0n) is 9.82. The second kappa shape index (κ2) is 6.02. The molecule has 0 saturated heterocycles. The van der Waals surface area contributed by atoms with Crippen molar-refractivity contribution in [1.82, 2.24) is 10.0 Å². The number of rotatable bonds is 5. The summed E-state index contributed by atoms with van der Waals surface area (Å²) in [5.74, 6) is 0. The Balaban J connectivity index is 2.62. The maximum atomic E-state index is 11.8. The van der Waals surface area contributed by atoms with Gasteiger partial charge in [0.1, 0.15) is 4.21 Å². The van der Waals surface area contributed by atoms with E-state index >= 15 is 0 Å². The minimum atomic E-state index is -3.73. The molecule has 0 aliphatic heterocycles. The van der Waals surface area contributed by atoms with Crippen molar-refractivity contribution in [2.24, 2.45) is 0 Å². The normalized spacial score (nSPS) is 11.2. The molecular weight excluding hydrogens is 260 g/mol. The number of sulfonamides is 1. The molecule has 2 N–H and O–H groups in total. The number of carbonyl (C=O) groups is 1. The first-order chi connectivity index (χ1) is 7.97. The van der Waals surface area contributed by atoms with E-state index in [1.807, 2.05) is 11.6 Å². The van der Waals surface area contributed by atoms with Crippen LogP contribution in [-0.4, -0.2) is 21.0 Å². The molecule has 1 heterocycles. The highest BCUT2D eigenvalue weighted by Crippen LogP contribution is 2.21. The summed E-state index contributed by atoms with van der Waals surface area (Å²) in [6, 6.07) is 1.03. The molecule has 0 aliphatic carbocycles. The van der Waals surface area contributed by atoms with E-state index in [9.17, 15) is 13.2 Å². The largest absolute Gasteiger partial charge is 0.337 e. The summed E-state index contributed by atoms with van der Waals surface area (Å²) in [7, 11) is -3.73. The Morgan fingerprint density at radius 1 is 1.47 bits per heavy atom. The van der Waals surface area contributed by atoms with Crippen LogP contribution in [0.5, 0.6) is 0 Å². The molecule has 1 aromatic heterocycles. The Kier molecular flexibility index (Phi) is 4.95. The molecule has 5 nitrogen and oxygen atoms in total. The van der Waals surface area contributed by atoms with E-state index in [2.05, 4.69) is 5.32 Å². The van der Waals surface area contributed by atoms with Crippen LogP contribution in [0.2, 0.25) is 0 Å². The molecule has 1 rings (SSSR count). The van der Waals surface area contributed by atoms with E-state index < -0.39 is 16.1 Å². The van der Waals surface area contributed by atoms with Crippen LogP contribution in [0.25, 0.3) is 0 Å². The first-order valence-electron chi connectivity index (χ1n) is 5.32. The molecule has 2 amide bonds. The number of amides is 2. The monoisotopic (exact) mass is 276 g/mol. The van der Waals surface area contributed by atoms with Crippen LogP contribution in [-0.2, 0) is 10.0 Å². The number of carbonyl (C=O) groups excluding carboxylic acids is 1. The van der Waals surface area contributed by atoms with Crippen LogP contribution in [0.1, 0.15) is 25.3 Å². The molecule has 0 atom stereocenters. The fourth-order valence-corrected chi connectivity index (χ4v) is 3.57. The molecule has 0 radical (unpaired) electrons. The highest BCUT2D eigenvalue weighted by Gasteiger charge is 2.20. The molecule has 0 spiro atoms. The molecule has 0 fully saturated rings. The molecule has 0 saturated carbocycles. The Bertz CT molecular complexity index is 479. The lowest BCUT2D eigenvalue weighted by molar-refractivity contribution is 0.245. The summed E-state index contributed by atoms with van der Waals surface area (Å²) in [5, 5.41) is 4.18. The SMILES string of the molecule is CCCCNC(=O)NS(=O)(=O)c1sccc1C. The van der Waals surface area contributed by atoms with Gasteiger partial charge in [0, 0.05) is 6.54 Å². The van der Waals surface area contributed by atoms with Crippen LogP contribution < -0.4 is 10.0 Å². The van der Waals surface area contributed by atoms with Crippen molar-refractivity contribution in [3.05, 3.63) is 17.0 Å². The van der Waals surface area contributed by atoms with Gasteiger partial charge in [-0.2, -0.15) is 0 Å². The zero-order chi connectivity index (χ0) is 12.9. The summed E-state index contributed by atoms with van der Waals surface area (Å²) < 4.78 is 25.8. The van der Waals surface area contributed by atoms with E-state index in [4.69, 9.17) is 0 Å². The summed E-state index contributed by atoms with van der Waals surface area (Å²) in [6.45, 7) is 4.16. The van der Waals surface area contributed by atoms with Gasteiger partial charge >= 0.3 is 6.03 Å². The number of aryl methyl sites for hydroxylation is 1. The lowest BCUT2D eigenvalue weighted by Crippen LogP contribution is -2.39. The third-order valence-corrected chi connectivity index (χ3v) is 5.12. The summed E-state index contributed by atoms with van der Waals surface area (Å²) in [4.78, 5) is 11.3. The van der Waals surface area contributed by atoms with Gasteiger partial charge in [-0.15, -0.1) is 11.3 Å². The van der Waals surface area contributed by atoms with Gasteiger partial charge in [-0.05, 0) is 30.4 Å². The number of urea groups is 1. The number of nitrogens with one attached hydrogen (secondary N) is 2. The number of hydrogen-bond donors (Lipinski definition) is 2. The van der Waals surface area contributed by atoms with Crippen LogP contribution in [0, 0.1) is 6.92 Å². The fraction of sp³-hybridized carbons (Fsp3) is 0.500. The van der Waals surface area contributed by atoms with E-state index in [-0.39, 0.29) is 4.21 Å². The number of thiophene rings is 1. The standard InChI is InChI=1S/C10H16N2O3S2/c1-3-4-6-11-10(13)12-17(14,15)9-8(2)5-7-16-9/h5,7H,3-4,6H2,1-2H3,(H2,11,12,13). The molecule has 0 bridgehead atoms. The molecular formula is C10H16N2O3S2. The minimum Gasteiger partial charge on any atom is -0.337 e. The van der Waals surface area contributed by atoms with Gasteiger partial charge in [0.15, 0.2) is 0 Å². The fourth-order valence-electron chi connectivity index (χ4n) is 1.22. The Morgan fingerprint density at radius 3 is 2.71 bits per heavy atom.